The number of hydrogen-bond donors (Lipinski definition) is 1. The minimum Gasteiger partial charge on any atom is -0.493 e. The van der Waals surface area contributed by atoms with Gasteiger partial charge in [0.05, 0.1) is 6.61 Å². The van der Waals surface area contributed by atoms with Crippen LogP contribution in [-0.2, 0) is 13.0 Å². The summed E-state index contributed by atoms with van der Waals surface area (Å²) in [6, 6.07) is 8.55. The molecule has 2 aromatic rings. The molecule has 0 amide bonds. The summed E-state index contributed by atoms with van der Waals surface area (Å²) in [5.74, 6) is 1.03. The fourth-order valence-electron chi connectivity index (χ4n) is 2.31. The molecule has 3 rings (SSSR count). The van der Waals surface area contributed by atoms with Crippen molar-refractivity contribution in [3.63, 3.8) is 0 Å². The highest BCUT2D eigenvalue weighted by molar-refractivity contribution is 5.65. The molecule has 0 fully saturated rings. The number of rotatable bonds is 3. The zero-order valence-electron chi connectivity index (χ0n) is 10.4. The van der Waals surface area contributed by atoms with Gasteiger partial charge >= 0.3 is 0 Å². The van der Waals surface area contributed by atoms with Gasteiger partial charge in [0, 0.05) is 30.9 Å². The fourth-order valence-corrected chi connectivity index (χ4v) is 2.31. The van der Waals surface area contributed by atoms with E-state index in [0.717, 1.165) is 30.9 Å². The molecule has 2 heterocycles. The lowest BCUT2D eigenvalue weighted by Gasteiger charge is -2.06. The molecular weight excluding hydrogens is 224 g/mol. The molecule has 92 valence electrons. The van der Waals surface area contributed by atoms with E-state index in [0.29, 0.717) is 0 Å². The van der Waals surface area contributed by atoms with Crippen molar-refractivity contribution in [2.24, 2.45) is 0 Å². The van der Waals surface area contributed by atoms with Crippen LogP contribution in [0, 0.1) is 0 Å². The lowest BCUT2D eigenvalue weighted by atomic mass is 10.0. The van der Waals surface area contributed by atoms with Crippen LogP contribution in [0.2, 0.25) is 0 Å². The molecule has 1 aliphatic heterocycles. The van der Waals surface area contributed by atoms with E-state index in [2.05, 4.69) is 34.6 Å². The molecule has 18 heavy (non-hydrogen) atoms. The smallest absolute Gasteiger partial charge is 0.122 e. The lowest BCUT2D eigenvalue weighted by molar-refractivity contribution is 0.357. The normalized spacial score (nSPS) is 13.2. The third-order valence-corrected chi connectivity index (χ3v) is 3.20. The first-order valence-corrected chi connectivity index (χ1v) is 6.21. The summed E-state index contributed by atoms with van der Waals surface area (Å²) >= 11 is 0. The van der Waals surface area contributed by atoms with Crippen LogP contribution < -0.4 is 10.1 Å². The highest BCUT2D eigenvalue weighted by atomic mass is 16.5. The Morgan fingerprint density at radius 2 is 2.17 bits per heavy atom. The molecule has 1 aromatic carbocycles. The van der Waals surface area contributed by atoms with Gasteiger partial charge in [0.15, 0.2) is 0 Å². The van der Waals surface area contributed by atoms with Gasteiger partial charge in [0.1, 0.15) is 5.75 Å². The number of benzene rings is 1. The van der Waals surface area contributed by atoms with Gasteiger partial charge in [-0.25, -0.2) is 0 Å². The maximum atomic E-state index is 5.53. The Labute approximate surface area is 107 Å². The monoisotopic (exact) mass is 240 g/mol. The van der Waals surface area contributed by atoms with E-state index in [1.165, 1.54) is 16.7 Å². The van der Waals surface area contributed by atoms with Crippen LogP contribution >= 0.6 is 0 Å². The first-order chi connectivity index (χ1) is 8.86. The van der Waals surface area contributed by atoms with Crippen molar-refractivity contribution < 1.29 is 4.74 Å². The Morgan fingerprint density at radius 1 is 1.22 bits per heavy atom. The van der Waals surface area contributed by atoms with Gasteiger partial charge in [-0.2, -0.15) is 0 Å². The second-order valence-corrected chi connectivity index (χ2v) is 4.53. The van der Waals surface area contributed by atoms with E-state index in [1.54, 1.807) is 0 Å². The Morgan fingerprint density at radius 3 is 3.06 bits per heavy atom. The highest BCUT2D eigenvalue weighted by Crippen LogP contribution is 2.30. The molecule has 0 aliphatic carbocycles. The summed E-state index contributed by atoms with van der Waals surface area (Å²) in [6.45, 7) is 1.64. The van der Waals surface area contributed by atoms with Crippen LogP contribution in [0.5, 0.6) is 5.75 Å². The molecule has 0 spiro atoms. The lowest BCUT2D eigenvalue weighted by Crippen LogP contribution is -2.05. The van der Waals surface area contributed by atoms with E-state index in [4.69, 9.17) is 4.74 Å². The zero-order valence-corrected chi connectivity index (χ0v) is 10.4. The molecule has 3 heteroatoms. The van der Waals surface area contributed by atoms with Crippen LogP contribution in [0.4, 0.5) is 0 Å². The molecule has 0 saturated heterocycles. The molecule has 0 unspecified atom stereocenters. The molecule has 1 aliphatic rings. The number of hydrogen-bond acceptors (Lipinski definition) is 3. The SMILES string of the molecule is CNCc1cncc(-c2ccc3c(c2)CCO3)c1. The zero-order chi connectivity index (χ0) is 12.4. The second kappa shape index (κ2) is 4.78. The van der Waals surface area contributed by atoms with Crippen molar-refractivity contribution in [2.75, 3.05) is 13.7 Å². The Hall–Kier alpha value is -1.87. The van der Waals surface area contributed by atoms with Gasteiger partial charge < -0.3 is 10.1 Å². The molecule has 1 aromatic heterocycles. The van der Waals surface area contributed by atoms with Gasteiger partial charge in [-0.1, -0.05) is 6.07 Å². The first-order valence-electron chi connectivity index (χ1n) is 6.21. The molecule has 0 atom stereocenters. The van der Waals surface area contributed by atoms with Crippen molar-refractivity contribution in [2.45, 2.75) is 13.0 Å². The number of fused-ring (bicyclic) bond motifs is 1. The van der Waals surface area contributed by atoms with Crippen molar-refractivity contribution in [1.82, 2.24) is 10.3 Å². The van der Waals surface area contributed by atoms with Gasteiger partial charge in [0.2, 0.25) is 0 Å². The number of ether oxygens (including phenoxy) is 1. The quantitative estimate of drug-likeness (QED) is 0.894. The van der Waals surface area contributed by atoms with Gasteiger partial charge in [-0.05, 0) is 41.9 Å². The third kappa shape index (κ3) is 2.09. The largest absolute Gasteiger partial charge is 0.493 e. The summed E-state index contributed by atoms with van der Waals surface area (Å²) in [4.78, 5) is 4.30. The minimum absolute atomic E-state index is 0.802. The van der Waals surface area contributed by atoms with Gasteiger partial charge in [-0.3, -0.25) is 4.98 Å². The molecule has 3 nitrogen and oxygen atoms in total. The van der Waals surface area contributed by atoms with Crippen LogP contribution in [0.1, 0.15) is 11.1 Å². The first kappa shape index (κ1) is 11.2. The van der Waals surface area contributed by atoms with Gasteiger partial charge in [-0.15, -0.1) is 0 Å². The second-order valence-electron chi connectivity index (χ2n) is 4.53. The predicted octanol–water partition coefficient (Wildman–Crippen LogP) is 2.40. The third-order valence-electron chi connectivity index (χ3n) is 3.20. The topological polar surface area (TPSA) is 34.2 Å². The van der Waals surface area contributed by atoms with Crippen LogP contribution in [0.25, 0.3) is 11.1 Å². The van der Waals surface area contributed by atoms with E-state index in [-0.39, 0.29) is 0 Å². The molecule has 0 saturated carbocycles. The van der Waals surface area contributed by atoms with E-state index >= 15 is 0 Å². The van der Waals surface area contributed by atoms with Crippen molar-refractivity contribution in [1.29, 1.82) is 0 Å². The average Bonchev–Trinajstić information content (AvgIpc) is 2.86. The molecular formula is C15H16N2O. The number of nitrogens with zero attached hydrogens (tertiary/aromatic N) is 1. The standard InChI is InChI=1S/C15H16N2O/c1-16-8-11-6-14(10-17-9-11)12-2-3-15-13(7-12)4-5-18-15/h2-3,6-7,9-10,16H,4-5,8H2,1H3. The predicted molar refractivity (Wildman–Crippen MR) is 71.6 cm³/mol. The fraction of sp³-hybridized carbons (Fsp3) is 0.267. The number of pyridine rings is 1. The van der Waals surface area contributed by atoms with Gasteiger partial charge in [0.25, 0.3) is 0 Å². The summed E-state index contributed by atoms with van der Waals surface area (Å²) in [5, 5.41) is 3.14. The van der Waals surface area contributed by atoms with Crippen LogP contribution in [-0.4, -0.2) is 18.6 Å². The maximum Gasteiger partial charge on any atom is 0.122 e. The van der Waals surface area contributed by atoms with Crippen molar-refractivity contribution >= 4 is 0 Å². The van der Waals surface area contributed by atoms with E-state index in [9.17, 15) is 0 Å². The van der Waals surface area contributed by atoms with Crippen molar-refractivity contribution in [3.05, 3.63) is 47.8 Å². The molecule has 1 N–H and O–H groups in total. The maximum absolute atomic E-state index is 5.53. The minimum atomic E-state index is 0.802. The van der Waals surface area contributed by atoms with E-state index in [1.807, 2.05) is 19.4 Å². The number of nitrogens with one attached hydrogen (secondary N) is 1. The Kier molecular flexibility index (Phi) is 2.99. The van der Waals surface area contributed by atoms with Crippen molar-refractivity contribution in [3.8, 4) is 16.9 Å². The average molecular weight is 240 g/mol. The van der Waals surface area contributed by atoms with Crippen LogP contribution in [0.3, 0.4) is 0 Å². The summed E-state index contributed by atoms with van der Waals surface area (Å²) < 4.78 is 5.53. The Bertz CT molecular complexity index is 566. The van der Waals surface area contributed by atoms with Crippen LogP contribution in [0.15, 0.2) is 36.7 Å². The summed E-state index contributed by atoms with van der Waals surface area (Å²) in [5.41, 5.74) is 4.88. The number of aromatic nitrogens is 1. The summed E-state index contributed by atoms with van der Waals surface area (Å²) in [7, 11) is 1.94. The Balaban J connectivity index is 1.96. The highest BCUT2D eigenvalue weighted by Gasteiger charge is 2.12. The summed E-state index contributed by atoms with van der Waals surface area (Å²) in [6.07, 6.45) is 4.82. The van der Waals surface area contributed by atoms with E-state index < -0.39 is 0 Å². The molecule has 0 radical (unpaired) electrons. The molecule has 0 bridgehead atoms.